The number of benzene rings is 1. The first kappa shape index (κ1) is 18.1. The first-order valence-corrected chi connectivity index (χ1v) is 9.36. The van der Waals surface area contributed by atoms with Gasteiger partial charge in [-0.2, -0.15) is 0 Å². The van der Waals surface area contributed by atoms with Crippen LogP contribution in [0.15, 0.2) is 34.9 Å². The molecular weight excluding hydrogens is 382 g/mol. The van der Waals surface area contributed by atoms with Crippen molar-refractivity contribution in [2.24, 2.45) is 0 Å². The monoisotopic (exact) mass is 405 g/mol. The number of rotatable bonds is 4. The van der Waals surface area contributed by atoms with Gasteiger partial charge in [0.1, 0.15) is 5.60 Å². The molecule has 1 aliphatic carbocycles. The van der Waals surface area contributed by atoms with Crippen LogP contribution in [0.2, 0.25) is 0 Å². The number of nitrogens with zero attached hydrogens (tertiary/aromatic N) is 1. The lowest BCUT2D eigenvalue weighted by molar-refractivity contribution is 0.0465. The summed E-state index contributed by atoms with van der Waals surface area (Å²) in [5, 5.41) is 7.59. The molecule has 3 rings (SSSR count). The van der Waals surface area contributed by atoms with Gasteiger partial charge in [0.05, 0.1) is 5.52 Å². The maximum Gasteiger partial charge on any atom is 0.407 e. The number of ether oxygens (including phenoxy) is 1. The van der Waals surface area contributed by atoms with Crippen LogP contribution in [0.3, 0.4) is 0 Å². The van der Waals surface area contributed by atoms with E-state index < -0.39 is 5.60 Å². The van der Waals surface area contributed by atoms with Crippen molar-refractivity contribution < 1.29 is 9.53 Å². The smallest absolute Gasteiger partial charge is 0.407 e. The molecule has 0 spiro atoms. The highest BCUT2D eigenvalue weighted by Crippen LogP contribution is 2.26. The molecule has 1 aliphatic rings. The number of pyridine rings is 1. The highest BCUT2D eigenvalue weighted by Gasteiger charge is 2.31. The number of halogens is 1. The molecule has 1 amide bonds. The number of carbonyl (C=O) groups is 1. The van der Waals surface area contributed by atoms with Crippen LogP contribution in [0, 0.1) is 0 Å². The van der Waals surface area contributed by atoms with E-state index in [1.54, 1.807) is 0 Å². The molecule has 1 fully saturated rings. The number of hydrogen-bond acceptors (Lipinski definition) is 4. The molecule has 0 bridgehead atoms. The predicted molar refractivity (Wildman–Crippen MR) is 102 cm³/mol. The Labute approximate surface area is 156 Å². The van der Waals surface area contributed by atoms with E-state index in [1.165, 1.54) is 5.56 Å². The van der Waals surface area contributed by atoms with E-state index in [0.29, 0.717) is 6.04 Å². The minimum atomic E-state index is -0.457. The molecule has 1 saturated carbocycles. The largest absolute Gasteiger partial charge is 0.444 e. The minimum Gasteiger partial charge on any atom is -0.444 e. The fourth-order valence-corrected chi connectivity index (χ4v) is 3.42. The zero-order chi connectivity index (χ0) is 18.0. The van der Waals surface area contributed by atoms with Crippen molar-refractivity contribution in [3.8, 4) is 0 Å². The van der Waals surface area contributed by atoms with Gasteiger partial charge in [0.25, 0.3) is 0 Å². The van der Waals surface area contributed by atoms with Crippen LogP contribution in [-0.2, 0) is 11.3 Å². The fraction of sp³-hybridized carbons (Fsp3) is 0.474. The van der Waals surface area contributed by atoms with Crippen molar-refractivity contribution >= 4 is 32.9 Å². The lowest BCUT2D eigenvalue weighted by Gasteiger charge is -2.36. The topological polar surface area (TPSA) is 63.2 Å². The fourth-order valence-electron chi connectivity index (χ4n) is 2.97. The van der Waals surface area contributed by atoms with Crippen LogP contribution in [0.25, 0.3) is 10.9 Å². The second-order valence-corrected chi connectivity index (χ2v) is 8.35. The van der Waals surface area contributed by atoms with E-state index >= 15 is 0 Å². The molecule has 0 atom stereocenters. The Bertz CT molecular complexity index is 767. The molecular formula is C19H24BrN3O2. The number of amides is 1. The van der Waals surface area contributed by atoms with Crippen LogP contribution >= 0.6 is 15.9 Å². The number of fused-ring (bicyclic) bond motifs is 1. The Hall–Kier alpha value is -1.66. The standard InChI is InChI=1S/C19H24BrN3O2/c1-19(2,3)25-18(24)23-14-9-13(10-14)22-11-12-6-7-16(20)15-5-4-8-21-17(12)15/h4-8,13-14,22H,9-11H2,1-3H3,(H,23,24). The summed E-state index contributed by atoms with van der Waals surface area (Å²) in [5.74, 6) is 0. The molecule has 25 heavy (non-hydrogen) atoms. The van der Waals surface area contributed by atoms with Gasteiger partial charge in [-0.15, -0.1) is 0 Å². The van der Waals surface area contributed by atoms with Gasteiger partial charge in [-0.3, -0.25) is 4.98 Å². The summed E-state index contributed by atoms with van der Waals surface area (Å²) >= 11 is 3.57. The summed E-state index contributed by atoms with van der Waals surface area (Å²) in [6, 6.07) is 8.77. The van der Waals surface area contributed by atoms with Crippen LogP contribution in [-0.4, -0.2) is 28.8 Å². The van der Waals surface area contributed by atoms with Gasteiger partial charge in [0, 0.05) is 34.7 Å². The molecule has 2 aromatic rings. The maximum absolute atomic E-state index is 11.8. The van der Waals surface area contributed by atoms with E-state index in [1.807, 2.05) is 33.0 Å². The van der Waals surface area contributed by atoms with Gasteiger partial charge >= 0.3 is 6.09 Å². The lowest BCUT2D eigenvalue weighted by Crippen LogP contribution is -2.52. The molecule has 5 nitrogen and oxygen atoms in total. The number of nitrogens with one attached hydrogen (secondary N) is 2. The van der Waals surface area contributed by atoms with Crippen molar-refractivity contribution in [1.29, 1.82) is 0 Å². The Morgan fingerprint density at radius 1 is 1.28 bits per heavy atom. The van der Waals surface area contributed by atoms with E-state index in [9.17, 15) is 4.79 Å². The predicted octanol–water partition coefficient (Wildman–Crippen LogP) is 4.14. The van der Waals surface area contributed by atoms with Gasteiger partial charge in [0.2, 0.25) is 0 Å². The third kappa shape index (κ3) is 4.70. The normalized spacial score (nSPS) is 20.2. The van der Waals surface area contributed by atoms with Gasteiger partial charge in [-0.05, 0) is 51.3 Å². The Balaban J connectivity index is 1.49. The second kappa shape index (κ2) is 7.30. The molecule has 0 unspecified atom stereocenters. The molecule has 1 aromatic carbocycles. The van der Waals surface area contributed by atoms with Crippen LogP contribution in [0.1, 0.15) is 39.2 Å². The van der Waals surface area contributed by atoms with Crippen LogP contribution in [0.5, 0.6) is 0 Å². The van der Waals surface area contributed by atoms with Crippen LogP contribution < -0.4 is 10.6 Å². The zero-order valence-electron chi connectivity index (χ0n) is 14.8. The van der Waals surface area contributed by atoms with Gasteiger partial charge in [0.15, 0.2) is 0 Å². The number of hydrogen-bond donors (Lipinski definition) is 2. The zero-order valence-corrected chi connectivity index (χ0v) is 16.4. The second-order valence-electron chi connectivity index (χ2n) is 7.50. The van der Waals surface area contributed by atoms with E-state index in [4.69, 9.17) is 4.74 Å². The lowest BCUT2D eigenvalue weighted by atomic mass is 9.86. The van der Waals surface area contributed by atoms with Crippen molar-refractivity contribution in [3.63, 3.8) is 0 Å². The third-order valence-electron chi connectivity index (χ3n) is 4.24. The minimum absolute atomic E-state index is 0.187. The van der Waals surface area contributed by atoms with Crippen molar-refractivity contribution in [2.45, 2.75) is 57.8 Å². The summed E-state index contributed by atoms with van der Waals surface area (Å²) in [6.45, 7) is 6.38. The van der Waals surface area contributed by atoms with E-state index in [2.05, 4.69) is 49.7 Å². The SMILES string of the molecule is CC(C)(C)OC(=O)NC1CC(NCc2ccc(Br)c3cccnc23)C1. The summed E-state index contributed by atoms with van der Waals surface area (Å²) in [7, 11) is 0. The Kier molecular flexibility index (Phi) is 5.29. The highest BCUT2D eigenvalue weighted by atomic mass is 79.9. The van der Waals surface area contributed by atoms with Crippen LogP contribution in [0.4, 0.5) is 4.79 Å². The molecule has 0 aliphatic heterocycles. The Morgan fingerprint density at radius 2 is 2.04 bits per heavy atom. The maximum atomic E-state index is 11.8. The summed E-state index contributed by atoms with van der Waals surface area (Å²) in [4.78, 5) is 16.3. The number of aromatic nitrogens is 1. The Morgan fingerprint density at radius 3 is 2.76 bits per heavy atom. The van der Waals surface area contributed by atoms with Gasteiger partial charge in [-0.25, -0.2) is 4.79 Å². The summed E-state index contributed by atoms with van der Waals surface area (Å²) < 4.78 is 6.34. The molecule has 1 aromatic heterocycles. The average Bonchev–Trinajstić information content (AvgIpc) is 2.49. The highest BCUT2D eigenvalue weighted by molar-refractivity contribution is 9.10. The van der Waals surface area contributed by atoms with E-state index in [-0.39, 0.29) is 12.1 Å². The summed E-state index contributed by atoms with van der Waals surface area (Å²) in [5.41, 5.74) is 1.75. The summed E-state index contributed by atoms with van der Waals surface area (Å²) in [6.07, 6.45) is 3.32. The average molecular weight is 406 g/mol. The number of alkyl carbamates (subject to hydrolysis) is 1. The first-order chi connectivity index (χ1) is 11.8. The molecule has 1 heterocycles. The third-order valence-corrected chi connectivity index (χ3v) is 4.93. The first-order valence-electron chi connectivity index (χ1n) is 8.57. The van der Waals surface area contributed by atoms with E-state index in [0.717, 1.165) is 34.8 Å². The molecule has 134 valence electrons. The number of carbonyl (C=O) groups excluding carboxylic acids is 1. The van der Waals surface area contributed by atoms with Crippen molar-refractivity contribution in [1.82, 2.24) is 15.6 Å². The molecule has 6 heteroatoms. The van der Waals surface area contributed by atoms with Crippen molar-refractivity contribution in [3.05, 3.63) is 40.5 Å². The molecule has 2 N–H and O–H groups in total. The molecule has 0 saturated heterocycles. The van der Waals surface area contributed by atoms with Gasteiger partial charge in [-0.1, -0.05) is 28.1 Å². The molecule has 0 radical (unpaired) electrons. The van der Waals surface area contributed by atoms with Crippen molar-refractivity contribution in [2.75, 3.05) is 0 Å². The quantitative estimate of drug-likeness (QED) is 0.801. The van der Waals surface area contributed by atoms with Gasteiger partial charge < -0.3 is 15.4 Å².